The molecule has 0 atom stereocenters. The summed E-state index contributed by atoms with van der Waals surface area (Å²) in [4.78, 5) is 22.9. The summed E-state index contributed by atoms with van der Waals surface area (Å²) in [5.41, 5.74) is 3.85. The van der Waals surface area contributed by atoms with Crippen molar-refractivity contribution >= 4 is 21.6 Å². The number of nitro groups is 1. The Labute approximate surface area is 139 Å². The highest BCUT2D eigenvalue weighted by molar-refractivity contribution is 7.89. The van der Waals surface area contributed by atoms with Crippen molar-refractivity contribution in [2.24, 2.45) is 5.73 Å². The van der Waals surface area contributed by atoms with Gasteiger partial charge in [-0.2, -0.15) is 4.31 Å². The maximum atomic E-state index is 12.6. The average molecular weight is 360 g/mol. The molecule has 0 spiro atoms. The Bertz CT molecular complexity index is 721. The Kier molecular flexibility index (Phi) is 6.78. The second-order valence-electron chi connectivity index (χ2n) is 5.13. The van der Waals surface area contributed by atoms with Crippen LogP contribution in [-0.4, -0.2) is 73.9 Å². The number of sulfonamides is 1. The van der Waals surface area contributed by atoms with Gasteiger partial charge in [0.25, 0.3) is 11.6 Å². The number of aliphatic hydroxyl groups excluding tert-OH is 1. The largest absolute Gasteiger partial charge is 0.395 e. The smallest absolute Gasteiger partial charge is 0.283 e. The third-order valence-electron chi connectivity index (χ3n) is 3.41. The van der Waals surface area contributed by atoms with Gasteiger partial charge in [-0.05, 0) is 13.1 Å². The highest BCUT2D eigenvalue weighted by Gasteiger charge is 2.31. The number of nitrogens with zero attached hydrogens (tertiary/aromatic N) is 3. The summed E-state index contributed by atoms with van der Waals surface area (Å²) in [6.07, 6.45) is 0. The molecule has 0 aliphatic heterocycles. The quantitative estimate of drug-likeness (QED) is 0.434. The fourth-order valence-corrected chi connectivity index (χ4v) is 3.39. The minimum absolute atomic E-state index is 0.0658. The number of nitro benzene ring substituents is 1. The van der Waals surface area contributed by atoms with Crippen molar-refractivity contribution in [3.63, 3.8) is 0 Å². The van der Waals surface area contributed by atoms with Crippen LogP contribution in [0.5, 0.6) is 0 Å². The van der Waals surface area contributed by atoms with Crippen LogP contribution in [0, 0.1) is 10.1 Å². The first-order valence-electron chi connectivity index (χ1n) is 6.95. The second-order valence-corrected chi connectivity index (χ2v) is 7.14. The topological polar surface area (TPSA) is 147 Å². The van der Waals surface area contributed by atoms with E-state index < -0.39 is 37.0 Å². The van der Waals surface area contributed by atoms with E-state index in [0.29, 0.717) is 13.1 Å². The normalized spacial score (nSPS) is 11.9. The summed E-state index contributed by atoms with van der Waals surface area (Å²) < 4.78 is 26.2. The summed E-state index contributed by atoms with van der Waals surface area (Å²) in [7, 11) is -1.14. The SMILES string of the molecule is CN(CCO)CCN(C)S(=O)(=O)c1cccc([N+](=O)[O-])c1C(N)=O. The van der Waals surface area contributed by atoms with Gasteiger partial charge in [-0.15, -0.1) is 0 Å². The molecular weight excluding hydrogens is 340 g/mol. The van der Waals surface area contributed by atoms with Gasteiger partial charge in [0.2, 0.25) is 10.0 Å². The lowest BCUT2D eigenvalue weighted by Crippen LogP contribution is -2.36. The van der Waals surface area contributed by atoms with Crippen molar-refractivity contribution < 1.29 is 23.2 Å². The molecule has 0 saturated carbocycles. The Hall–Kier alpha value is -2.08. The van der Waals surface area contributed by atoms with Gasteiger partial charge >= 0.3 is 0 Å². The summed E-state index contributed by atoms with van der Waals surface area (Å²) >= 11 is 0. The molecule has 0 saturated heterocycles. The minimum atomic E-state index is -4.14. The van der Waals surface area contributed by atoms with E-state index in [9.17, 15) is 23.3 Å². The van der Waals surface area contributed by atoms with Gasteiger partial charge in [0, 0.05) is 32.7 Å². The van der Waals surface area contributed by atoms with E-state index >= 15 is 0 Å². The molecule has 0 aromatic heterocycles. The molecule has 0 bridgehead atoms. The predicted molar refractivity (Wildman–Crippen MR) is 86.0 cm³/mol. The van der Waals surface area contributed by atoms with E-state index in [0.717, 1.165) is 16.4 Å². The predicted octanol–water partition coefficient (Wildman–Crippen LogP) is -0.762. The lowest BCUT2D eigenvalue weighted by Gasteiger charge is -2.22. The summed E-state index contributed by atoms with van der Waals surface area (Å²) in [5, 5.41) is 19.9. The zero-order valence-electron chi connectivity index (χ0n) is 13.4. The van der Waals surface area contributed by atoms with Crippen LogP contribution in [-0.2, 0) is 10.0 Å². The number of likely N-dealkylation sites (N-methyl/N-ethyl adjacent to an activating group) is 2. The van der Waals surface area contributed by atoms with Gasteiger partial charge in [-0.25, -0.2) is 8.42 Å². The molecule has 1 rings (SSSR count). The van der Waals surface area contributed by atoms with E-state index in [-0.39, 0.29) is 13.2 Å². The van der Waals surface area contributed by atoms with Crippen molar-refractivity contribution in [1.82, 2.24) is 9.21 Å². The lowest BCUT2D eigenvalue weighted by atomic mass is 10.2. The zero-order chi connectivity index (χ0) is 18.5. The van der Waals surface area contributed by atoms with Crippen LogP contribution in [0.1, 0.15) is 10.4 Å². The molecule has 10 nitrogen and oxygen atoms in total. The van der Waals surface area contributed by atoms with E-state index in [1.165, 1.54) is 13.1 Å². The van der Waals surface area contributed by atoms with Gasteiger partial charge < -0.3 is 15.7 Å². The van der Waals surface area contributed by atoms with Crippen LogP contribution in [0.4, 0.5) is 5.69 Å². The first-order valence-corrected chi connectivity index (χ1v) is 8.40. The molecule has 134 valence electrons. The van der Waals surface area contributed by atoms with Crippen molar-refractivity contribution in [3.8, 4) is 0 Å². The molecule has 0 heterocycles. The monoisotopic (exact) mass is 360 g/mol. The number of carbonyl (C=O) groups is 1. The molecule has 3 N–H and O–H groups in total. The Balaban J connectivity index is 3.21. The second kappa shape index (κ2) is 8.15. The summed E-state index contributed by atoms with van der Waals surface area (Å²) in [6.45, 7) is 0.706. The van der Waals surface area contributed by atoms with Crippen LogP contribution in [0.15, 0.2) is 23.1 Å². The molecule has 0 aliphatic rings. The standard InChI is InChI=1S/C13H20N4O6S/c1-15(8-9-18)6-7-16(2)24(22,23)11-5-3-4-10(17(20)21)12(11)13(14)19/h3-5,18H,6-9H2,1-2H3,(H2,14,19). The van der Waals surface area contributed by atoms with Crippen LogP contribution in [0.25, 0.3) is 0 Å². The molecule has 0 radical (unpaired) electrons. The number of hydrogen-bond donors (Lipinski definition) is 2. The van der Waals surface area contributed by atoms with E-state index in [4.69, 9.17) is 10.8 Å². The van der Waals surface area contributed by atoms with Crippen molar-refractivity contribution in [3.05, 3.63) is 33.9 Å². The molecule has 0 unspecified atom stereocenters. The fourth-order valence-electron chi connectivity index (χ4n) is 2.02. The molecule has 0 fully saturated rings. The molecular formula is C13H20N4O6S. The number of primary amides is 1. The molecule has 0 aliphatic carbocycles. The van der Waals surface area contributed by atoms with Gasteiger partial charge in [0.15, 0.2) is 0 Å². The summed E-state index contributed by atoms with van der Waals surface area (Å²) in [6, 6.07) is 3.31. The van der Waals surface area contributed by atoms with Crippen molar-refractivity contribution in [2.75, 3.05) is 40.3 Å². The number of nitrogens with two attached hydrogens (primary N) is 1. The van der Waals surface area contributed by atoms with Crippen molar-refractivity contribution in [1.29, 1.82) is 0 Å². The van der Waals surface area contributed by atoms with Crippen LogP contribution < -0.4 is 5.73 Å². The average Bonchev–Trinajstić information content (AvgIpc) is 2.51. The molecule has 1 aromatic rings. The van der Waals surface area contributed by atoms with Crippen LogP contribution in [0.2, 0.25) is 0 Å². The maximum Gasteiger partial charge on any atom is 0.283 e. The molecule has 11 heteroatoms. The number of benzene rings is 1. The van der Waals surface area contributed by atoms with Crippen molar-refractivity contribution in [2.45, 2.75) is 4.90 Å². The number of amides is 1. The van der Waals surface area contributed by atoms with E-state index in [2.05, 4.69) is 0 Å². The number of rotatable bonds is 9. The van der Waals surface area contributed by atoms with Crippen LogP contribution in [0.3, 0.4) is 0 Å². The highest BCUT2D eigenvalue weighted by Crippen LogP contribution is 2.27. The lowest BCUT2D eigenvalue weighted by molar-refractivity contribution is -0.385. The third-order valence-corrected chi connectivity index (χ3v) is 5.31. The van der Waals surface area contributed by atoms with Gasteiger partial charge in [0.1, 0.15) is 10.5 Å². The van der Waals surface area contributed by atoms with Gasteiger partial charge in [-0.1, -0.05) is 6.07 Å². The van der Waals surface area contributed by atoms with Crippen LogP contribution >= 0.6 is 0 Å². The first-order chi connectivity index (χ1) is 11.1. The van der Waals surface area contributed by atoms with E-state index in [1.54, 1.807) is 11.9 Å². The van der Waals surface area contributed by atoms with Gasteiger partial charge in [-0.3, -0.25) is 14.9 Å². The Morgan fingerprint density at radius 3 is 2.42 bits per heavy atom. The molecule has 24 heavy (non-hydrogen) atoms. The van der Waals surface area contributed by atoms with Gasteiger partial charge in [0.05, 0.1) is 11.5 Å². The first kappa shape index (κ1) is 20.0. The maximum absolute atomic E-state index is 12.6. The highest BCUT2D eigenvalue weighted by atomic mass is 32.2. The number of carbonyl (C=O) groups excluding carboxylic acids is 1. The Morgan fingerprint density at radius 2 is 1.92 bits per heavy atom. The Morgan fingerprint density at radius 1 is 1.29 bits per heavy atom. The molecule has 1 aromatic carbocycles. The number of hydrogen-bond acceptors (Lipinski definition) is 7. The summed E-state index contributed by atoms with van der Waals surface area (Å²) in [5.74, 6) is -1.19. The molecule has 1 amide bonds. The third kappa shape index (κ3) is 4.47. The zero-order valence-corrected chi connectivity index (χ0v) is 14.2. The fraction of sp³-hybridized carbons (Fsp3) is 0.462. The minimum Gasteiger partial charge on any atom is -0.395 e. The number of aliphatic hydroxyl groups is 1. The van der Waals surface area contributed by atoms with E-state index in [1.807, 2.05) is 0 Å².